The number of methoxy groups -OCH3 is 2. The van der Waals surface area contributed by atoms with Gasteiger partial charge in [0.1, 0.15) is 11.5 Å². The minimum atomic E-state index is -0.528. The molecule has 0 aromatic heterocycles. The Kier molecular flexibility index (Phi) is 22.6. The van der Waals surface area contributed by atoms with Crippen molar-refractivity contribution in [3.8, 4) is 11.5 Å². The van der Waals surface area contributed by atoms with E-state index < -0.39 is 11.9 Å². The van der Waals surface area contributed by atoms with Crippen molar-refractivity contribution in [1.82, 2.24) is 4.90 Å². The highest BCUT2D eigenvalue weighted by Crippen LogP contribution is 2.31. The van der Waals surface area contributed by atoms with Crippen LogP contribution in [0.1, 0.15) is 63.5 Å². The number of carbonyl (C=O) groups is 3. The Labute approximate surface area is 334 Å². The third kappa shape index (κ3) is 18.7. The molecule has 2 N–H and O–H groups in total. The lowest BCUT2D eigenvalue weighted by molar-refractivity contribution is -0.144. The first-order chi connectivity index (χ1) is 27.0. The van der Waals surface area contributed by atoms with E-state index in [9.17, 15) is 14.4 Å². The maximum Gasteiger partial charge on any atom is 0.338 e. The van der Waals surface area contributed by atoms with Crippen LogP contribution in [0.3, 0.4) is 0 Å². The van der Waals surface area contributed by atoms with E-state index in [1.165, 1.54) is 25.2 Å². The van der Waals surface area contributed by atoms with Crippen molar-refractivity contribution >= 4 is 29.9 Å². The molecule has 0 radical (unpaired) electrons. The number of carbonyl (C=O) groups excluding carboxylic acids is 3. The van der Waals surface area contributed by atoms with Crippen molar-refractivity contribution in [3.05, 3.63) is 144 Å². The number of ketones is 1. The molecule has 0 fully saturated rings. The lowest BCUT2D eigenvalue weighted by atomic mass is 10.0. The van der Waals surface area contributed by atoms with Crippen molar-refractivity contribution in [2.24, 2.45) is 5.73 Å². The van der Waals surface area contributed by atoms with E-state index in [4.69, 9.17) is 24.7 Å². The second-order valence-corrected chi connectivity index (χ2v) is 13.2. The molecule has 1 unspecified atom stereocenters. The Balaban J connectivity index is 1.76. The van der Waals surface area contributed by atoms with E-state index in [1.807, 2.05) is 72.9 Å². The molecule has 56 heavy (non-hydrogen) atoms. The molecule has 1 atom stereocenters. The van der Waals surface area contributed by atoms with Crippen LogP contribution in [0, 0.1) is 0 Å². The van der Waals surface area contributed by atoms with Crippen molar-refractivity contribution < 1.29 is 33.3 Å². The van der Waals surface area contributed by atoms with Gasteiger partial charge < -0.3 is 29.6 Å². The average Bonchev–Trinajstić information content (AvgIpc) is 3.40. The second kappa shape index (κ2) is 27.1. The second-order valence-electron chi connectivity index (χ2n) is 13.2. The Morgan fingerprint density at radius 2 is 1.52 bits per heavy atom. The van der Waals surface area contributed by atoms with E-state index in [2.05, 4.69) is 37.3 Å². The monoisotopic (exact) mass is 764 g/mol. The molecule has 2 rings (SSSR count). The molecule has 1 aliphatic carbocycles. The molecule has 9 heteroatoms. The zero-order chi connectivity index (χ0) is 41.1. The molecule has 0 aliphatic heterocycles. The summed E-state index contributed by atoms with van der Waals surface area (Å²) in [6.45, 7) is 12.2. The van der Waals surface area contributed by atoms with Crippen molar-refractivity contribution in [1.29, 1.82) is 0 Å². The summed E-state index contributed by atoms with van der Waals surface area (Å²) in [5.41, 5.74) is 10.4. The summed E-state index contributed by atoms with van der Waals surface area (Å²) in [6, 6.07) is 3.86. The normalized spacial score (nSPS) is 15.0. The number of nitrogens with zero attached hydrogens (tertiary/aromatic N) is 1. The maximum atomic E-state index is 12.4. The fourth-order valence-corrected chi connectivity index (χ4v) is 5.34. The predicted octanol–water partition coefficient (Wildman–Crippen LogP) is 8.79. The van der Waals surface area contributed by atoms with Gasteiger partial charge in [-0.05, 0) is 68.3 Å². The number of hydrogen-bond acceptors (Lipinski definition) is 9. The summed E-state index contributed by atoms with van der Waals surface area (Å²) >= 11 is 0. The molecule has 0 saturated heterocycles. The average molecular weight is 765 g/mol. The van der Waals surface area contributed by atoms with Crippen LogP contribution >= 0.6 is 0 Å². The Morgan fingerprint density at radius 1 is 0.839 bits per heavy atom. The minimum Gasteiger partial charge on any atom is -0.496 e. The summed E-state index contributed by atoms with van der Waals surface area (Å²) in [4.78, 5) is 37.6. The number of esters is 2. The number of hydrogen-bond donors (Lipinski definition) is 1. The zero-order valence-corrected chi connectivity index (χ0v) is 33.8. The first-order valence-electron chi connectivity index (χ1n) is 19.0. The standard InChI is InChI=1S/C47H60N2O7/c1-8-18-38(23-27-41-33-46(54-7)42(34-45(41)53-6)28-24-39-19-16-21-43(48)29-25-39)20-17-31-49(5)30-14-12-10-11-13-15-32-55-47(52)40(9-2)26-22-36(3)44(51)35-56-37(4)50/h8-9,16-29,33-34,43H,1-2,10-15,30-32,35,48H2,3-7H3/b20-17-,27-23+,28-24+,36-22+,38-18+,40-26+. The number of likely N-dealkylation sites (N-methyl/N-ethyl adjacent to an activating group) is 1. The predicted molar refractivity (Wildman–Crippen MR) is 229 cm³/mol. The van der Waals surface area contributed by atoms with Crippen LogP contribution in [0.15, 0.2) is 133 Å². The van der Waals surface area contributed by atoms with Gasteiger partial charge in [-0.2, -0.15) is 0 Å². The van der Waals surface area contributed by atoms with Gasteiger partial charge in [0.15, 0.2) is 12.4 Å². The molecule has 9 nitrogen and oxygen atoms in total. The highest BCUT2D eigenvalue weighted by atomic mass is 16.5. The van der Waals surface area contributed by atoms with Gasteiger partial charge in [-0.1, -0.05) is 130 Å². The number of benzene rings is 1. The van der Waals surface area contributed by atoms with Gasteiger partial charge in [0.25, 0.3) is 0 Å². The topological polar surface area (TPSA) is 117 Å². The number of nitrogens with two attached hydrogens (primary N) is 1. The zero-order valence-electron chi connectivity index (χ0n) is 33.8. The van der Waals surface area contributed by atoms with Crippen LogP contribution < -0.4 is 15.2 Å². The van der Waals surface area contributed by atoms with Gasteiger partial charge >= 0.3 is 11.9 Å². The molecule has 0 heterocycles. The fourth-order valence-electron chi connectivity index (χ4n) is 5.34. The first-order valence-corrected chi connectivity index (χ1v) is 19.0. The molecule has 0 bridgehead atoms. The van der Waals surface area contributed by atoms with Crippen LogP contribution in [0.5, 0.6) is 11.5 Å². The van der Waals surface area contributed by atoms with Crippen LogP contribution in [0.2, 0.25) is 0 Å². The van der Waals surface area contributed by atoms with Crippen molar-refractivity contribution in [2.75, 3.05) is 47.6 Å². The Morgan fingerprint density at radius 3 is 2.18 bits per heavy atom. The lowest BCUT2D eigenvalue weighted by Crippen LogP contribution is -2.19. The van der Waals surface area contributed by atoms with E-state index in [1.54, 1.807) is 27.2 Å². The van der Waals surface area contributed by atoms with Gasteiger partial charge in [-0.25, -0.2) is 4.79 Å². The van der Waals surface area contributed by atoms with Gasteiger partial charge in [0.05, 0.1) is 26.4 Å². The molecule has 300 valence electrons. The summed E-state index contributed by atoms with van der Waals surface area (Å²) in [6.07, 6.45) is 36.5. The molecule has 1 aromatic carbocycles. The number of unbranched alkanes of at least 4 members (excludes halogenated alkanes) is 5. The van der Waals surface area contributed by atoms with Gasteiger partial charge in [-0.15, -0.1) is 0 Å². The highest BCUT2D eigenvalue weighted by molar-refractivity contribution is 5.97. The lowest BCUT2D eigenvalue weighted by Gasteiger charge is -2.14. The Hall–Kier alpha value is -5.51. The van der Waals surface area contributed by atoms with E-state index >= 15 is 0 Å². The summed E-state index contributed by atoms with van der Waals surface area (Å²) in [7, 11) is 5.45. The molecule has 0 spiro atoms. The smallest absolute Gasteiger partial charge is 0.338 e. The number of allylic oxidation sites excluding steroid dienone is 12. The third-order valence-corrected chi connectivity index (χ3v) is 8.65. The van der Waals surface area contributed by atoms with E-state index in [0.29, 0.717) is 12.2 Å². The molecule has 1 aliphatic rings. The summed E-state index contributed by atoms with van der Waals surface area (Å²) < 4.78 is 21.6. The number of rotatable bonds is 25. The fraction of sp³-hybridized carbons (Fsp3) is 0.340. The van der Waals surface area contributed by atoms with E-state index in [0.717, 1.165) is 85.4 Å². The SMILES string of the molecule is C=C/C=C(\C=C/CN(C)CCCCCCCCOC(=O)/C(C=C)=C/C=C(\C)C(=O)COC(C)=O)/C=C/c1cc(OC)c(/C=C/C2=CC=CC(N)C=C2)cc1OC. The summed E-state index contributed by atoms with van der Waals surface area (Å²) in [5.74, 6) is 0.116. The molecule has 0 saturated carbocycles. The van der Waals surface area contributed by atoms with Crippen LogP contribution in [0.25, 0.3) is 12.2 Å². The van der Waals surface area contributed by atoms with Gasteiger partial charge in [-0.3, -0.25) is 9.59 Å². The largest absolute Gasteiger partial charge is 0.496 e. The van der Waals surface area contributed by atoms with Crippen LogP contribution in [-0.2, 0) is 23.9 Å². The molecular weight excluding hydrogens is 705 g/mol. The first kappa shape index (κ1) is 46.6. The highest BCUT2D eigenvalue weighted by Gasteiger charge is 2.10. The van der Waals surface area contributed by atoms with E-state index in [-0.39, 0.29) is 24.0 Å². The maximum absolute atomic E-state index is 12.4. The van der Waals surface area contributed by atoms with Gasteiger partial charge in [0.2, 0.25) is 0 Å². The van der Waals surface area contributed by atoms with Crippen LogP contribution in [-0.4, -0.2) is 76.2 Å². The molecule has 1 aromatic rings. The molecule has 0 amide bonds. The van der Waals surface area contributed by atoms with Crippen molar-refractivity contribution in [3.63, 3.8) is 0 Å². The number of Topliss-reactive ketones (excluding diaryl/α,β-unsaturated/α-hetero) is 1. The van der Waals surface area contributed by atoms with Crippen molar-refractivity contribution in [2.45, 2.75) is 58.4 Å². The Bertz CT molecular complexity index is 1770. The quantitative estimate of drug-likeness (QED) is 0.0451. The number of ether oxygens (including phenoxy) is 4. The minimum absolute atomic E-state index is 0.0898. The van der Waals surface area contributed by atoms with Gasteiger partial charge in [0, 0.05) is 30.6 Å². The summed E-state index contributed by atoms with van der Waals surface area (Å²) in [5, 5.41) is 0. The van der Waals surface area contributed by atoms with Crippen LogP contribution in [0.4, 0.5) is 0 Å². The third-order valence-electron chi connectivity index (χ3n) is 8.65. The molecular formula is C47H60N2O7.